The molecule has 2 aromatic rings. The van der Waals surface area contributed by atoms with Gasteiger partial charge in [0.15, 0.2) is 0 Å². The summed E-state index contributed by atoms with van der Waals surface area (Å²) in [7, 11) is 0. The Morgan fingerprint density at radius 1 is 1.12 bits per heavy atom. The van der Waals surface area contributed by atoms with Gasteiger partial charge in [-0.25, -0.2) is 4.79 Å². The number of carbonyl (C=O) groups is 1. The number of hydrogen-bond acceptors (Lipinski definition) is 2. The molecule has 0 saturated carbocycles. The van der Waals surface area contributed by atoms with Crippen molar-refractivity contribution in [2.24, 2.45) is 0 Å². The van der Waals surface area contributed by atoms with Crippen LogP contribution in [-0.2, 0) is 5.41 Å². The van der Waals surface area contributed by atoms with Gasteiger partial charge in [-0.2, -0.15) is 11.3 Å². The molecule has 128 valence electrons. The molecule has 1 aliphatic heterocycles. The maximum atomic E-state index is 12.5. The number of nitrogens with zero attached hydrogens (tertiary/aromatic N) is 1. The van der Waals surface area contributed by atoms with Crippen LogP contribution in [0.2, 0.25) is 0 Å². The van der Waals surface area contributed by atoms with Crippen LogP contribution in [0.3, 0.4) is 0 Å². The summed E-state index contributed by atoms with van der Waals surface area (Å²) in [6.07, 6.45) is 2.10. The number of piperidine rings is 1. The highest BCUT2D eigenvalue weighted by Crippen LogP contribution is 2.29. The van der Waals surface area contributed by atoms with Gasteiger partial charge in [0.25, 0.3) is 0 Å². The predicted octanol–water partition coefficient (Wildman–Crippen LogP) is 5.46. The van der Waals surface area contributed by atoms with Gasteiger partial charge < -0.3 is 10.2 Å². The summed E-state index contributed by atoms with van der Waals surface area (Å²) < 4.78 is 0. The molecule has 2 amide bonds. The lowest BCUT2D eigenvalue weighted by atomic mass is 9.87. The van der Waals surface area contributed by atoms with Crippen LogP contribution in [0.15, 0.2) is 41.1 Å². The van der Waals surface area contributed by atoms with E-state index in [1.165, 1.54) is 11.1 Å². The zero-order chi connectivity index (χ0) is 17.2. The van der Waals surface area contributed by atoms with Crippen molar-refractivity contribution < 1.29 is 4.79 Å². The standard InChI is InChI=1S/C20H26N2OS/c1-20(2,3)17-4-6-18(7-5-17)21-19(23)22-11-8-15(9-12-22)16-10-13-24-14-16/h4-7,10,13-15H,8-9,11-12H2,1-3H3,(H,21,23). The van der Waals surface area contributed by atoms with Crippen LogP contribution in [0.1, 0.15) is 50.7 Å². The van der Waals surface area contributed by atoms with Crippen molar-refractivity contribution >= 4 is 23.1 Å². The Labute approximate surface area is 148 Å². The van der Waals surface area contributed by atoms with E-state index < -0.39 is 0 Å². The normalized spacial score (nSPS) is 16.2. The van der Waals surface area contributed by atoms with E-state index in [1.54, 1.807) is 11.3 Å². The van der Waals surface area contributed by atoms with Gasteiger partial charge in [0, 0.05) is 18.8 Å². The molecule has 2 heterocycles. The largest absolute Gasteiger partial charge is 0.324 e. The number of benzene rings is 1. The number of nitrogens with one attached hydrogen (secondary N) is 1. The van der Waals surface area contributed by atoms with Gasteiger partial charge in [0.1, 0.15) is 0 Å². The van der Waals surface area contributed by atoms with Crippen LogP contribution < -0.4 is 5.32 Å². The minimum Gasteiger partial charge on any atom is -0.324 e. The lowest BCUT2D eigenvalue weighted by Gasteiger charge is -2.31. The molecule has 1 saturated heterocycles. The zero-order valence-corrected chi connectivity index (χ0v) is 15.5. The Hall–Kier alpha value is -1.81. The van der Waals surface area contributed by atoms with E-state index in [9.17, 15) is 4.79 Å². The summed E-state index contributed by atoms with van der Waals surface area (Å²) in [4.78, 5) is 14.4. The summed E-state index contributed by atoms with van der Waals surface area (Å²) in [5.41, 5.74) is 3.70. The molecule has 1 fully saturated rings. The lowest BCUT2D eigenvalue weighted by molar-refractivity contribution is 0.194. The number of likely N-dealkylation sites (tertiary alicyclic amines) is 1. The molecule has 0 spiro atoms. The van der Waals surface area contributed by atoms with Gasteiger partial charge in [0.2, 0.25) is 0 Å². The van der Waals surface area contributed by atoms with E-state index >= 15 is 0 Å². The van der Waals surface area contributed by atoms with Crippen LogP contribution in [0.25, 0.3) is 0 Å². The molecule has 3 nitrogen and oxygen atoms in total. The molecule has 1 aromatic heterocycles. The average Bonchev–Trinajstić information content (AvgIpc) is 3.09. The van der Waals surface area contributed by atoms with Crippen molar-refractivity contribution in [3.05, 3.63) is 52.2 Å². The second kappa shape index (κ2) is 6.98. The van der Waals surface area contributed by atoms with Gasteiger partial charge in [-0.1, -0.05) is 32.9 Å². The second-order valence-corrected chi connectivity index (χ2v) is 8.36. The molecule has 0 radical (unpaired) electrons. The topological polar surface area (TPSA) is 32.3 Å². The van der Waals surface area contributed by atoms with Crippen molar-refractivity contribution in [2.75, 3.05) is 18.4 Å². The van der Waals surface area contributed by atoms with Crippen LogP contribution in [-0.4, -0.2) is 24.0 Å². The zero-order valence-electron chi connectivity index (χ0n) is 14.7. The van der Waals surface area contributed by atoms with Gasteiger partial charge in [-0.05, 0) is 64.3 Å². The molecule has 0 unspecified atom stereocenters. The fourth-order valence-electron chi connectivity index (χ4n) is 3.18. The summed E-state index contributed by atoms with van der Waals surface area (Å²) in [5.74, 6) is 0.603. The van der Waals surface area contributed by atoms with Crippen molar-refractivity contribution in [3.63, 3.8) is 0 Å². The molecule has 1 N–H and O–H groups in total. The Morgan fingerprint density at radius 3 is 2.33 bits per heavy atom. The number of urea groups is 1. The van der Waals surface area contributed by atoms with Crippen molar-refractivity contribution in [1.29, 1.82) is 0 Å². The molecular weight excluding hydrogens is 316 g/mol. The Bertz CT molecular complexity index is 663. The summed E-state index contributed by atoms with van der Waals surface area (Å²) in [5, 5.41) is 7.40. The highest BCUT2D eigenvalue weighted by Gasteiger charge is 2.24. The molecule has 0 atom stereocenters. The molecular formula is C20H26N2OS. The summed E-state index contributed by atoms with van der Waals surface area (Å²) in [6.45, 7) is 8.23. The predicted molar refractivity (Wildman–Crippen MR) is 102 cm³/mol. The average molecular weight is 343 g/mol. The maximum Gasteiger partial charge on any atom is 0.321 e. The third-order valence-electron chi connectivity index (χ3n) is 4.80. The van der Waals surface area contributed by atoms with Gasteiger partial charge in [0.05, 0.1) is 0 Å². The number of anilines is 1. The van der Waals surface area contributed by atoms with Crippen LogP contribution >= 0.6 is 11.3 Å². The third-order valence-corrected chi connectivity index (χ3v) is 5.50. The number of hydrogen-bond donors (Lipinski definition) is 1. The van der Waals surface area contributed by atoms with Crippen molar-refractivity contribution in [3.8, 4) is 0 Å². The smallest absolute Gasteiger partial charge is 0.321 e. The molecule has 0 bridgehead atoms. The molecule has 24 heavy (non-hydrogen) atoms. The fraction of sp³-hybridized carbons (Fsp3) is 0.450. The highest BCUT2D eigenvalue weighted by molar-refractivity contribution is 7.07. The van der Waals surface area contributed by atoms with Crippen LogP contribution in [0.5, 0.6) is 0 Å². The first-order valence-electron chi connectivity index (χ1n) is 8.62. The van der Waals surface area contributed by atoms with Crippen molar-refractivity contribution in [1.82, 2.24) is 4.90 Å². The third kappa shape index (κ3) is 3.99. The Morgan fingerprint density at radius 2 is 1.79 bits per heavy atom. The van der Waals surface area contributed by atoms with Gasteiger partial charge in [-0.3, -0.25) is 0 Å². The molecule has 1 aromatic carbocycles. The highest BCUT2D eigenvalue weighted by atomic mass is 32.1. The maximum absolute atomic E-state index is 12.5. The Balaban J connectivity index is 1.54. The van der Waals surface area contributed by atoms with E-state index in [4.69, 9.17) is 0 Å². The first-order valence-corrected chi connectivity index (χ1v) is 9.56. The fourth-order valence-corrected chi connectivity index (χ4v) is 3.92. The van der Waals surface area contributed by atoms with Crippen LogP contribution in [0.4, 0.5) is 10.5 Å². The minimum absolute atomic E-state index is 0.0160. The quantitative estimate of drug-likeness (QED) is 0.772. The minimum atomic E-state index is 0.0160. The van der Waals surface area contributed by atoms with Gasteiger partial charge in [-0.15, -0.1) is 0 Å². The second-order valence-electron chi connectivity index (χ2n) is 7.58. The van der Waals surface area contributed by atoms with E-state index in [0.717, 1.165) is 31.6 Å². The lowest BCUT2D eigenvalue weighted by Crippen LogP contribution is -2.40. The number of thiophene rings is 1. The van der Waals surface area contributed by atoms with E-state index in [-0.39, 0.29) is 11.4 Å². The van der Waals surface area contributed by atoms with Gasteiger partial charge >= 0.3 is 6.03 Å². The first-order chi connectivity index (χ1) is 11.4. The number of carbonyl (C=O) groups excluding carboxylic acids is 1. The summed E-state index contributed by atoms with van der Waals surface area (Å²) >= 11 is 1.75. The van der Waals surface area contributed by atoms with Crippen molar-refractivity contribution in [2.45, 2.75) is 44.9 Å². The SMILES string of the molecule is CC(C)(C)c1ccc(NC(=O)N2CCC(c3ccsc3)CC2)cc1. The number of amides is 2. The molecule has 1 aliphatic rings. The van der Waals surface area contributed by atoms with E-state index in [1.807, 2.05) is 17.0 Å². The first kappa shape index (κ1) is 17.0. The number of rotatable bonds is 2. The summed E-state index contributed by atoms with van der Waals surface area (Å²) in [6, 6.07) is 10.4. The van der Waals surface area contributed by atoms with Crippen LogP contribution in [0, 0.1) is 0 Å². The van der Waals surface area contributed by atoms with E-state index in [2.05, 4.69) is 55.0 Å². The molecule has 3 rings (SSSR count). The Kier molecular flexibility index (Phi) is 4.95. The molecule has 4 heteroatoms. The van der Waals surface area contributed by atoms with E-state index in [0.29, 0.717) is 5.92 Å². The molecule has 0 aliphatic carbocycles. The monoisotopic (exact) mass is 342 g/mol.